The van der Waals surface area contributed by atoms with Crippen LogP contribution in [0.5, 0.6) is 0 Å². The second kappa shape index (κ2) is 74.4. The smallest absolute Gasteiger partial charge is 0.317 e. The van der Waals surface area contributed by atoms with Gasteiger partial charge in [-0.3, -0.25) is 4.18 Å². The van der Waals surface area contributed by atoms with Gasteiger partial charge in [-0.15, -0.1) is 0 Å². The molecular formula is C81H150N2O7S2. The van der Waals surface area contributed by atoms with Crippen molar-refractivity contribution in [1.29, 1.82) is 0 Å². The van der Waals surface area contributed by atoms with Gasteiger partial charge in [0, 0.05) is 6.54 Å². The van der Waals surface area contributed by atoms with Crippen LogP contribution in [-0.2, 0) is 33.1 Å². The minimum Gasteiger partial charge on any atom is -0.317 e. The SMILES string of the molecule is CCCCC/C=C\C/C=C\CCCCCCCCC(CCCCCCCC/C=C\C/C=C\CCCCC)OS(=O)(=O)CCCNCCCCCC/C=C\C/C=C\CCCCCCCCC(CCCCCCCC/C=C\C/C=C\CCCCC)OS(=O)(=O)OCCNC. The molecule has 0 fully saturated rings. The van der Waals surface area contributed by atoms with Crippen molar-refractivity contribution in [1.82, 2.24) is 10.6 Å². The molecule has 1 atom stereocenters. The van der Waals surface area contributed by atoms with E-state index in [9.17, 15) is 16.8 Å². The average molecular weight is 1330 g/mol. The third kappa shape index (κ3) is 73.4. The van der Waals surface area contributed by atoms with Gasteiger partial charge in [0.15, 0.2) is 0 Å². The lowest BCUT2D eigenvalue weighted by Crippen LogP contribution is -2.24. The second-order valence-electron chi connectivity index (χ2n) is 26.3. The number of allylic oxidation sites excluding steroid dienone is 16. The lowest BCUT2D eigenvalue weighted by Gasteiger charge is -2.18. The molecule has 0 rings (SSSR count). The minimum atomic E-state index is -4.00. The van der Waals surface area contributed by atoms with E-state index in [2.05, 4.69) is 129 Å². The van der Waals surface area contributed by atoms with Gasteiger partial charge < -0.3 is 10.6 Å². The van der Waals surface area contributed by atoms with E-state index >= 15 is 0 Å². The molecule has 0 aliphatic rings. The average Bonchev–Trinajstić information content (AvgIpc) is 3.48. The Hall–Kier alpha value is -2.38. The van der Waals surface area contributed by atoms with Crippen molar-refractivity contribution in [2.75, 3.05) is 39.0 Å². The van der Waals surface area contributed by atoms with E-state index in [-0.39, 0.29) is 24.6 Å². The van der Waals surface area contributed by atoms with Crippen molar-refractivity contribution >= 4 is 20.5 Å². The molecule has 2 N–H and O–H groups in total. The summed E-state index contributed by atoms with van der Waals surface area (Å²) >= 11 is 0. The summed E-state index contributed by atoms with van der Waals surface area (Å²) in [5.41, 5.74) is 0. The maximum atomic E-state index is 13.2. The van der Waals surface area contributed by atoms with Crippen LogP contribution in [0.25, 0.3) is 0 Å². The van der Waals surface area contributed by atoms with E-state index in [0.717, 1.165) is 135 Å². The van der Waals surface area contributed by atoms with Gasteiger partial charge in [0.25, 0.3) is 10.1 Å². The maximum absolute atomic E-state index is 13.2. The van der Waals surface area contributed by atoms with Crippen LogP contribution >= 0.6 is 0 Å². The number of rotatable bonds is 75. The van der Waals surface area contributed by atoms with Crippen LogP contribution in [0.15, 0.2) is 97.2 Å². The first-order valence-corrected chi connectivity index (χ1v) is 42.1. The van der Waals surface area contributed by atoms with Crippen LogP contribution in [-0.4, -0.2) is 68.1 Å². The Bertz CT molecular complexity index is 1930. The van der Waals surface area contributed by atoms with E-state index in [4.69, 9.17) is 12.5 Å². The molecule has 0 saturated carbocycles. The summed E-state index contributed by atoms with van der Waals surface area (Å²) in [4.78, 5) is 0. The highest BCUT2D eigenvalue weighted by atomic mass is 32.3. The molecule has 0 saturated heterocycles. The van der Waals surface area contributed by atoms with Gasteiger partial charge in [-0.1, -0.05) is 298 Å². The second-order valence-corrected chi connectivity index (χ2v) is 29.3. The highest BCUT2D eigenvalue weighted by molar-refractivity contribution is 7.86. The van der Waals surface area contributed by atoms with E-state index in [1.807, 2.05) is 0 Å². The van der Waals surface area contributed by atoms with Crippen molar-refractivity contribution in [3.05, 3.63) is 97.2 Å². The first-order chi connectivity index (χ1) is 45.2. The van der Waals surface area contributed by atoms with Crippen molar-refractivity contribution in [2.24, 2.45) is 0 Å². The van der Waals surface area contributed by atoms with E-state index in [1.165, 1.54) is 212 Å². The Labute approximate surface area is 573 Å². The Morgan fingerprint density at radius 2 is 0.554 bits per heavy atom. The van der Waals surface area contributed by atoms with Gasteiger partial charge in [-0.2, -0.15) is 16.8 Å². The molecule has 0 aromatic heterocycles. The topological polar surface area (TPSA) is 120 Å². The zero-order chi connectivity index (χ0) is 66.7. The molecule has 0 spiro atoms. The first-order valence-electron chi connectivity index (χ1n) is 39.2. The van der Waals surface area contributed by atoms with Gasteiger partial charge >= 0.3 is 10.4 Å². The standard InChI is InChI=1S/C81H150N2O7S2/c1-5-8-11-14-17-20-23-26-29-35-40-45-50-55-60-65-71-80(72-66-61-56-51-46-41-36-30-27-24-21-18-15-12-9-6-2)89-91(84,85)79-70-76-83-75-69-64-59-54-49-44-39-34-32-33-38-43-48-53-58-63-68-74-81(90-92(86,87)88-78-77-82-4)73-67-62-57-52-47-42-37-31-28-25-22-19-16-13-10-7-3/h17-22,26-33,39,44,80-83H,5-16,23-25,34-38,40-43,45-79H2,1-4H3/b20-17-,21-18-,22-19-,29-26-,30-27-,31-28-,33-32-,44-39-. The maximum Gasteiger partial charge on any atom is 0.400 e. The van der Waals surface area contributed by atoms with Gasteiger partial charge in [0.05, 0.1) is 24.6 Å². The Morgan fingerprint density at radius 1 is 0.293 bits per heavy atom. The lowest BCUT2D eigenvalue weighted by atomic mass is 10.0. The predicted molar refractivity (Wildman–Crippen MR) is 405 cm³/mol. The first kappa shape index (κ1) is 89.6. The molecule has 0 heterocycles. The van der Waals surface area contributed by atoms with Gasteiger partial charge in [0.1, 0.15) is 0 Å². The van der Waals surface area contributed by atoms with Crippen LogP contribution in [0.3, 0.4) is 0 Å². The van der Waals surface area contributed by atoms with Crippen molar-refractivity contribution in [3.8, 4) is 0 Å². The summed E-state index contributed by atoms with van der Waals surface area (Å²) in [5, 5.41) is 6.41. The third-order valence-corrected chi connectivity index (χ3v) is 19.6. The molecule has 9 nitrogen and oxygen atoms in total. The number of hydrogen-bond donors (Lipinski definition) is 2. The van der Waals surface area contributed by atoms with Crippen molar-refractivity contribution < 1.29 is 29.4 Å². The summed E-state index contributed by atoms with van der Waals surface area (Å²) in [5.74, 6) is 0.0930. The van der Waals surface area contributed by atoms with Crippen LogP contribution in [0.4, 0.5) is 0 Å². The molecular weight excluding hydrogens is 1180 g/mol. The van der Waals surface area contributed by atoms with E-state index in [1.54, 1.807) is 7.05 Å². The zero-order valence-electron chi connectivity index (χ0n) is 60.8. The Kier molecular flexibility index (Phi) is 72.5. The quantitative estimate of drug-likeness (QED) is 0.0348. The van der Waals surface area contributed by atoms with Crippen LogP contribution in [0.1, 0.15) is 367 Å². The molecule has 538 valence electrons. The number of nitrogens with one attached hydrogen (secondary N) is 2. The molecule has 92 heavy (non-hydrogen) atoms. The van der Waals surface area contributed by atoms with Gasteiger partial charge in [0.2, 0.25) is 0 Å². The summed E-state index contributed by atoms with van der Waals surface area (Å²) in [6.45, 7) is 8.95. The normalized spacial score (nSPS) is 13.3. The Morgan fingerprint density at radius 3 is 0.859 bits per heavy atom. The molecule has 0 radical (unpaired) electrons. The summed E-state index contributed by atoms with van der Waals surface area (Å²) in [6, 6.07) is 0. The van der Waals surface area contributed by atoms with Crippen LogP contribution in [0.2, 0.25) is 0 Å². The molecule has 0 aliphatic carbocycles. The summed E-state index contributed by atoms with van der Waals surface area (Å²) in [6.07, 6.45) is 98.6. The van der Waals surface area contributed by atoms with Gasteiger partial charge in [-0.25, -0.2) is 8.37 Å². The number of hydrogen-bond acceptors (Lipinski definition) is 9. The highest BCUT2D eigenvalue weighted by Crippen LogP contribution is 2.22. The molecule has 0 aliphatic heterocycles. The Balaban J connectivity index is 4.34. The highest BCUT2D eigenvalue weighted by Gasteiger charge is 2.21. The molecule has 0 bridgehead atoms. The molecule has 11 heteroatoms. The third-order valence-electron chi connectivity index (χ3n) is 17.3. The molecule has 0 aromatic carbocycles. The van der Waals surface area contributed by atoms with Crippen LogP contribution < -0.4 is 10.6 Å². The number of unbranched alkanes of at least 4 members (excludes halogenated alkanes) is 37. The monoisotopic (exact) mass is 1330 g/mol. The molecule has 0 aromatic rings. The molecule has 1 unspecified atom stereocenters. The van der Waals surface area contributed by atoms with Crippen molar-refractivity contribution in [2.45, 2.75) is 380 Å². The van der Waals surface area contributed by atoms with E-state index in [0.29, 0.717) is 19.5 Å². The molecule has 0 amide bonds. The van der Waals surface area contributed by atoms with E-state index < -0.39 is 20.5 Å². The number of likely N-dealkylation sites (N-methyl/N-ethyl adjacent to an activating group) is 1. The summed E-state index contributed by atoms with van der Waals surface area (Å²) < 4.78 is 68.3. The van der Waals surface area contributed by atoms with Gasteiger partial charge in [-0.05, 0) is 187 Å². The summed E-state index contributed by atoms with van der Waals surface area (Å²) in [7, 11) is -5.78. The zero-order valence-corrected chi connectivity index (χ0v) is 62.4. The predicted octanol–water partition coefficient (Wildman–Crippen LogP) is 24.7. The largest absolute Gasteiger partial charge is 0.400 e. The fraction of sp³-hybridized carbons (Fsp3) is 0.802. The fourth-order valence-corrected chi connectivity index (χ4v) is 13.5. The lowest BCUT2D eigenvalue weighted by molar-refractivity contribution is 0.138. The van der Waals surface area contributed by atoms with Crippen molar-refractivity contribution in [3.63, 3.8) is 0 Å². The fourth-order valence-electron chi connectivity index (χ4n) is 11.5. The van der Waals surface area contributed by atoms with Crippen LogP contribution in [0, 0.1) is 0 Å². The minimum absolute atomic E-state index is 0.0817.